The van der Waals surface area contributed by atoms with Gasteiger partial charge in [-0.25, -0.2) is 8.42 Å². The third-order valence-corrected chi connectivity index (χ3v) is 6.02. The van der Waals surface area contributed by atoms with Gasteiger partial charge in [0.1, 0.15) is 4.90 Å². The van der Waals surface area contributed by atoms with Crippen molar-refractivity contribution in [3.05, 3.63) is 46.8 Å². The molecule has 0 fully saturated rings. The minimum absolute atomic E-state index is 0.275. The lowest BCUT2D eigenvalue weighted by Crippen LogP contribution is -2.25. The van der Waals surface area contributed by atoms with Crippen LogP contribution in [0.25, 0.3) is 10.9 Å². The lowest BCUT2D eigenvalue weighted by Gasteiger charge is -2.15. The number of sulfonamides is 1. The van der Waals surface area contributed by atoms with Gasteiger partial charge in [-0.2, -0.15) is 4.31 Å². The molecule has 0 spiro atoms. The van der Waals surface area contributed by atoms with E-state index in [0.29, 0.717) is 17.6 Å². The minimum Gasteiger partial charge on any atom is -0.399 e. The first-order valence-electron chi connectivity index (χ1n) is 6.34. The standard InChI is InChI=1S/C14H15N3O2S2/c1-17(9-11-3-2-6-20-11)21(18,19)14-8-16-13-7-10(15)4-5-12(13)14/h2-8,16H,9,15H2,1H3. The molecule has 21 heavy (non-hydrogen) atoms. The molecule has 0 bridgehead atoms. The van der Waals surface area contributed by atoms with Crippen LogP contribution in [0.2, 0.25) is 0 Å². The van der Waals surface area contributed by atoms with Gasteiger partial charge in [-0.15, -0.1) is 11.3 Å². The van der Waals surface area contributed by atoms with Crippen LogP contribution in [0.15, 0.2) is 46.8 Å². The molecule has 3 N–H and O–H groups in total. The van der Waals surface area contributed by atoms with Gasteiger partial charge in [-0.1, -0.05) is 6.07 Å². The zero-order chi connectivity index (χ0) is 15.0. The summed E-state index contributed by atoms with van der Waals surface area (Å²) in [7, 11) is -1.95. The van der Waals surface area contributed by atoms with E-state index in [-0.39, 0.29) is 4.90 Å². The summed E-state index contributed by atoms with van der Waals surface area (Å²) in [6.45, 7) is 0.363. The number of nitrogens with two attached hydrogens (primary N) is 1. The Morgan fingerprint density at radius 2 is 2.14 bits per heavy atom. The van der Waals surface area contributed by atoms with E-state index >= 15 is 0 Å². The maximum absolute atomic E-state index is 12.7. The predicted octanol–water partition coefficient (Wildman–Crippen LogP) is 2.63. The lowest BCUT2D eigenvalue weighted by atomic mass is 10.2. The largest absolute Gasteiger partial charge is 0.399 e. The fraction of sp³-hybridized carbons (Fsp3) is 0.143. The molecule has 3 rings (SSSR count). The van der Waals surface area contributed by atoms with Gasteiger partial charge in [0.2, 0.25) is 10.0 Å². The highest BCUT2D eigenvalue weighted by Gasteiger charge is 2.24. The summed E-state index contributed by atoms with van der Waals surface area (Å²) < 4.78 is 26.8. The topological polar surface area (TPSA) is 79.2 Å². The molecule has 2 heterocycles. The Balaban J connectivity index is 2.00. The normalized spacial score (nSPS) is 12.3. The first-order valence-corrected chi connectivity index (χ1v) is 8.66. The predicted molar refractivity (Wildman–Crippen MR) is 85.7 cm³/mol. The zero-order valence-corrected chi connectivity index (χ0v) is 13.0. The highest BCUT2D eigenvalue weighted by Crippen LogP contribution is 2.27. The summed E-state index contributed by atoms with van der Waals surface area (Å²) in [6, 6.07) is 9.00. The van der Waals surface area contributed by atoms with Gasteiger partial charge in [0, 0.05) is 41.3 Å². The van der Waals surface area contributed by atoms with Crippen molar-refractivity contribution in [3.8, 4) is 0 Å². The number of H-pyrrole nitrogens is 1. The van der Waals surface area contributed by atoms with E-state index in [2.05, 4.69) is 4.98 Å². The second-order valence-corrected chi connectivity index (χ2v) is 7.84. The molecule has 0 radical (unpaired) electrons. The number of fused-ring (bicyclic) bond motifs is 1. The minimum atomic E-state index is -3.54. The Bertz CT molecular complexity index is 867. The SMILES string of the molecule is CN(Cc1cccs1)S(=O)(=O)c1c[nH]c2cc(N)ccc12. The molecular formula is C14H15N3O2S2. The van der Waals surface area contributed by atoms with Gasteiger partial charge >= 0.3 is 0 Å². The van der Waals surface area contributed by atoms with Crippen molar-refractivity contribution < 1.29 is 8.42 Å². The monoisotopic (exact) mass is 321 g/mol. The molecule has 3 aromatic rings. The van der Waals surface area contributed by atoms with Gasteiger partial charge in [-0.05, 0) is 29.6 Å². The van der Waals surface area contributed by atoms with Crippen molar-refractivity contribution in [2.75, 3.05) is 12.8 Å². The average Bonchev–Trinajstić information content (AvgIpc) is 3.07. The Hall–Kier alpha value is -1.83. The molecule has 1 aromatic carbocycles. The van der Waals surface area contributed by atoms with E-state index in [4.69, 9.17) is 5.73 Å². The van der Waals surface area contributed by atoms with Crippen LogP contribution in [0.1, 0.15) is 4.88 Å². The molecule has 0 unspecified atom stereocenters. The molecular weight excluding hydrogens is 306 g/mol. The van der Waals surface area contributed by atoms with Crippen LogP contribution in [-0.2, 0) is 16.6 Å². The van der Waals surface area contributed by atoms with E-state index in [9.17, 15) is 8.42 Å². The van der Waals surface area contributed by atoms with Crippen molar-refractivity contribution in [1.82, 2.24) is 9.29 Å². The van der Waals surface area contributed by atoms with E-state index in [1.165, 1.54) is 21.8 Å². The highest BCUT2D eigenvalue weighted by molar-refractivity contribution is 7.89. The zero-order valence-electron chi connectivity index (χ0n) is 11.4. The molecule has 0 saturated carbocycles. The number of aromatic nitrogens is 1. The molecule has 0 aliphatic carbocycles. The average molecular weight is 321 g/mol. The van der Waals surface area contributed by atoms with Gasteiger partial charge in [0.25, 0.3) is 0 Å². The van der Waals surface area contributed by atoms with Crippen LogP contribution < -0.4 is 5.73 Å². The summed E-state index contributed by atoms with van der Waals surface area (Å²) in [5.41, 5.74) is 7.03. The number of anilines is 1. The van der Waals surface area contributed by atoms with Gasteiger partial charge < -0.3 is 10.7 Å². The lowest BCUT2D eigenvalue weighted by molar-refractivity contribution is 0.470. The van der Waals surface area contributed by atoms with E-state index in [1.54, 1.807) is 25.2 Å². The van der Waals surface area contributed by atoms with E-state index in [0.717, 1.165) is 10.4 Å². The van der Waals surface area contributed by atoms with Crippen molar-refractivity contribution in [3.63, 3.8) is 0 Å². The van der Waals surface area contributed by atoms with Crippen LogP contribution in [0, 0.1) is 0 Å². The third-order valence-electron chi connectivity index (χ3n) is 3.31. The van der Waals surface area contributed by atoms with Crippen molar-refractivity contribution in [2.45, 2.75) is 11.4 Å². The number of benzene rings is 1. The number of nitrogens with one attached hydrogen (secondary N) is 1. The van der Waals surface area contributed by atoms with Gasteiger partial charge in [0.15, 0.2) is 0 Å². The number of rotatable bonds is 4. The van der Waals surface area contributed by atoms with Crippen LogP contribution >= 0.6 is 11.3 Å². The third kappa shape index (κ3) is 2.55. The summed E-state index contributed by atoms with van der Waals surface area (Å²) in [4.78, 5) is 4.24. The number of hydrogen-bond donors (Lipinski definition) is 2. The molecule has 0 aliphatic heterocycles. The molecule has 0 saturated heterocycles. The van der Waals surface area contributed by atoms with Gasteiger partial charge in [-0.3, -0.25) is 0 Å². The Morgan fingerprint density at radius 3 is 2.86 bits per heavy atom. The molecule has 5 nitrogen and oxygen atoms in total. The van der Waals surface area contributed by atoms with Crippen LogP contribution in [0.4, 0.5) is 5.69 Å². The quantitative estimate of drug-likeness (QED) is 0.725. The molecule has 2 aromatic heterocycles. The Labute approximate surface area is 127 Å². The maximum Gasteiger partial charge on any atom is 0.245 e. The van der Waals surface area contributed by atoms with Crippen molar-refractivity contribution in [1.29, 1.82) is 0 Å². The number of nitrogen functional groups attached to an aromatic ring is 1. The number of aromatic amines is 1. The number of thiophene rings is 1. The Kier molecular flexibility index (Phi) is 3.48. The molecule has 0 atom stereocenters. The van der Waals surface area contributed by atoms with Crippen LogP contribution in [-0.4, -0.2) is 24.8 Å². The highest BCUT2D eigenvalue weighted by atomic mass is 32.2. The number of nitrogens with zero attached hydrogens (tertiary/aromatic N) is 1. The second kappa shape index (κ2) is 5.18. The summed E-state index contributed by atoms with van der Waals surface area (Å²) >= 11 is 1.54. The fourth-order valence-electron chi connectivity index (χ4n) is 2.21. The second-order valence-electron chi connectivity index (χ2n) is 4.80. The molecule has 110 valence electrons. The number of hydrogen-bond acceptors (Lipinski definition) is 4. The van der Waals surface area contributed by atoms with E-state index < -0.39 is 10.0 Å². The van der Waals surface area contributed by atoms with Crippen molar-refractivity contribution >= 4 is 38.0 Å². The molecule has 0 amide bonds. The van der Waals surface area contributed by atoms with Crippen LogP contribution in [0.3, 0.4) is 0 Å². The summed E-state index contributed by atoms with van der Waals surface area (Å²) in [5.74, 6) is 0. The van der Waals surface area contributed by atoms with Crippen LogP contribution in [0.5, 0.6) is 0 Å². The summed E-state index contributed by atoms with van der Waals surface area (Å²) in [5, 5.41) is 2.59. The Morgan fingerprint density at radius 1 is 1.33 bits per heavy atom. The summed E-state index contributed by atoms with van der Waals surface area (Å²) in [6.07, 6.45) is 1.52. The van der Waals surface area contributed by atoms with Gasteiger partial charge in [0.05, 0.1) is 0 Å². The first kappa shape index (κ1) is 14.1. The van der Waals surface area contributed by atoms with E-state index in [1.807, 2.05) is 17.5 Å². The first-order chi connectivity index (χ1) is 9.98. The maximum atomic E-state index is 12.7. The smallest absolute Gasteiger partial charge is 0.245 e. The molecule has 0 aliphatic rings. The van der Waals surface area contributed by atoms with Crippen molar-refractivity contribution in [2.24, 2.45) is 0 Å². The fourth-order valence-corrected chi connectivity index (χ4v) is 4.35. The molecule has 7 heteroatoms.